The van der Waals surface area contributed by atoms with Gasteiger partial charge in [-0.25, -0.2) is 0 Å². The van der Waals surface area contributed by atoms with Crippen LogP contribution < -0.4 is 26.2 Å². The second-order valence-corrected chi connectivity index (χ2v) is 41.9. The van der Waals surface area contributed by atoms with Gasteiger partial charge < -0.3 is 14.4 Å². The van der Waals surface area contributed by atoms with Crippen LogP contribution >= 0.6 is 0 Å². The van der Waals surface area contributed by atoms with Gasteiger partial charge in [0.25, 0.3) is 6.71 Å². The fourth-order valence-corrected chi connectivity index (χ4v) is 17.1. The molecule has 4 heterocycles. The molecule has 5 heteroatoms. The van der Waals surface area contributed by atoms with E-state index in [0.29, 0.717) is 0 Å². The summed E-state index contributed by atoms with van der Waals surface area (Å²) in [6, 6.07) is 91.2. The molecule has 13 aromatic rings. The maximum atomic E-state index is 5.89. The van der Waals surface area contributed by atoms with Gasteiger partial charge in [-0.3, -0.25) is 4.98 Å². The molecule has 0 spiro atoms. The third kappa shape index (κ3) is 14.0. The van der Waals surface area contributed by atoms with E-state index in [-0.39, 0.29) is 55.4 Å². The Morgan fingerprint density at radius 2 is 0.625 bits per heavy atom. The van der Waals surface area contributed by atoms with E-state index >= 15 is 0 Å². The van der Waals surface area contributed by atoms with E-state index in [1.165, 1.54) is 122 Å². The maximum Gasteiger partial charge on any atom is 0.252 e. The molecule has 11 aromatic carbocycles. The van der Waals surface area contributed by atoms with Gasteiger partial charge in [0.1, 0.15) is 0 Å². The number of anilines is 6. The van der Waals surface area contributed by atoms with E-state index in [9.17, 15) is 0 Å². The molecule has 2 aliphatic rings. The summed E-state index contributed by atoms with van der Waals surface area (Å²) in [6.45, 7) is 63.5. The fourth-order valence-electron chi connectivity index (χ4n) is 17.1. The van der Waals surface area contributed by atoms with E-state index in [1.807, 2.05) is 0 Å². The molecule has 2 aromatic heterocycles. The predicted molar refractivity (Wildman–Crippen MR) is 488 cm³/mol. The fraction of sp³-hybridized carbons (Fsp3) is 0.336. The minimum Gasteiger partial charge on any atom is -0.310 e. The van der Waals surface area contributed by atoms with Gasteiger partial charge in [-0.1, -0.05) is 333 Å². The van der Waals surface area contributed by atoms with Crippen molar-refractivity contribution < 1.29 is 0 Å². The highest BCUT2D eigenvalue weighted by Gasteiger charge is 2.47. The van der Waals surface area contributed by atoms with Crippen LogP contribution in [0.25, 0.3) is 83.1 Å². The molecule has 0 amide bonds. The average Bonchev–Trinajstić information content (AvgIpc) is 0.733. The molecular formula is C107H119BN4. The highest BCUT2D eigenvalue weighted by molar-refractivity contribution is 7.00. The first-order chi connectivity index (χ1) is 52.2. The Morgan fingerprint density at radius 3 is 1.03 bits per heavy atom. The van der Waals surface area contributed by atoms with Crippen LogP contribution in [0.5, 0.6) is 0 Å². The largest absolute Gasteiger partial charge is 0.310 e. The maximum absolute atomic E-state index is 5.89. The zero-order chi connectivity index (χ0) is 80.4. The summed E-state index contributed by atoms with van der Waals surface area (Å²) in [6.07, 6.45) is 0. The third-order valence-electron chi connectivity index (χ3n) is 24.0. The Morgan fingerprint density at radius 1 is 0.250 bits per heavy atom. The Bertz CT molecular complexity index is 5700. The Kier molecular flexibility index (Phi) is 18.5. The number of benzene rings is 11. The quantitative estimate of drug-likeness (QED) is 0.142. The van der Waals surface area contributed by atoms with Crippen molar-refractivity contribution in [2.45, 2.75) is 236 Å². The van der Waals surface area contributed by atoms with Gasteiger partial charge >= 0.3 is 0 Å². The van der Waals surface area contributed by atoms with Gasteiger partial charge in [0.2, 0.25) is 0 Å². The van der Waals surface area contributed by atoms with Gasteiger partial charge in [0.15, 0.2) is 0 Å². The van der Waals surface area contributed by atoms with Crippen molar-refractivity contribution >= 4 is 79.0 Å². The molecule has 0 fully saturated rings. The van der Waals surface area contributed by atoms with Crippen LogP contribution in [0.3, 0.4) is 0 Å². The molecule has 570 valence electrons. The van der Waals surface area contributed by atoms with Crippen LogP contribution in [0, 0.1) is 0 Å². The zero-order valence-corrected chi connectivity index (χ0v) is 72.3. The summed E-state index contributed by atoms with van der Waals surface area (Å²) in [5, 5.41) is 2.53. The van der Waals surface area contributed by atoms with E-state index < -0.39 is 0 Å². The molecule has 15 rings (SSSR count). The van der Waals surface area contributed by atoms with Gasteiger partial charge in [0, 0.05) is 83.6 Å². The summed E-state index contributed by atoms with van der Waals surface area (Å²) in [4.78, 5) is 11.4. The average molecular weight is 1470 g/mol. The zero-order valence-electron chi connectivity index (χ0n) is 72.3. The van der Waals surface area contributed by atoms with Crippen molar-refractivity contribution in [2.75, 3.05) is 9.80 Å². The summed E-state index contributed by atoms with van der Waals surface area (Å²) in [7, 11) is 0. The van der Waals surface area contributed by atoms with E-state index in [0.717, 1.165) is 62.1 Å². The SMILES string of the molecule is CC(C)(C)c1cc(-c2ccc3c(c2)N(c2c(-c4ccccc4)cc(C(C)(C)C)cc2-c2ccccc2)c2cc(C(C)(C)C)cc4c2B3c2ccc(-n3c5ccc(C(C)(C)C)cc5c5cc(C(C)(C)C)ccc53)cc2N4c2c(-c3ccccc3)cc(C(C)(C)C)cc2-c2ccc(C(C)(C)C)nc2C(C)(C)C)cc(C(C)(C)C)c1. The molecular weight excluding hydrogens is 1350 g/mol. The minimum atomic E-state index is -0.362. The summed E-state index contributed by atoms with van der Waals surface area (Å²) in [5.74, 6) is 0. The number of aromatic nitrogens is 2. The van der Waals surface area contributed by atoms with Gasteiger partial charge in [0.05, 0.1) is 28.1 Å². The molecule has 2 aliphatic heterocycles. The Balaban J connectivity index is 1.18. The molecule has 112 heavy (non-hydrogen) atoms. The van der Waals surface area contributed by atoms with Crippen molar-refractivity contribution in [3.63, 3.8) is 0 Å². The van der Waals surface area contributed by atoms with Crippen LogP contribution in [0.4, 0.5) is 34.1 Å². The Hall–Kier alpha value is -9.97. The lowest BCUT2D eigenvalue weighted by Crippen LogP contribution is -2.61. The first-order valence-corrected chi connectivity index (χ1v) is 41.1. The first kappa shape index (κ1) is 77.4. The topological polar surface area (TPSA) is 24.3 Å². The monoisotopic (exact) mass is 1470 g/mol. The summed E-state index contributed by atoms with van der Waals surface area (Å²) >= 11 is 0. The molecule has 4 nitrogen and oxygen atoms in total. The van der Waals surface area contributed by atoms with E-state index in [1.54, 1.807) is 0 Å². The second kappa shape index (κ2) is 26.9. The van der Waals surface area contributed by atoms with Crippen LogP contribution in [0.2, 0.25) is 0 Å². The highest BCUT2D eigenvalue weighted by atomic mass is 15.2. The molecule has 0 saturated carbocycles. The van der Waals surface area contributed by atoms with Crippen LogP contribution in [-0.2, 0) is 48.7 Å². The summed E-state index contributed by atoms with van der Waals surface area (Å²) < 4.78 is 2.58. The van der Waals surface area contributed by atoms with Crippen LogP contribution in [-0.4, -0.2) is 16.3 Å². The predicted octanol–water partition coefficient (Wildman–Crippen LogP) is 28.3. The molecule has 0 aliphatic carbocycles. The molecule has 0 bridgehead atoms. The van der Waals surface area contributed by atoms with Crippen LogP contribution in [0.15, 0.2) is 231 Å². The number of hydrogen-bond donors (Lipinski definition) is 0. The standard InChI is InChI=1S/C107H119BN4/c1-99(2,3)71-44-50-88-83(57-71)84-58-72(100(4,5)6)45-51-89(84)110(88)78-46-49-87-91(65-78)112(97-82(68-41-35-30-36-42-68)61-76(104(16,17)18)62-85(97)79-47-52-94(106(22,23)24)109-98(79)107(25,26)27)93-64-77(105(19,20)21)63-92-95(93)108(87)86-48-43-69(70-53-73(101(7,8)9)56-74(54-70)102(10,11)12)55-90(86)111(92)96-80(66-37-31-28-32-38-66)59-75(103(13,14)15)60-81(96)67-39-33-29-34-40-67/h28-65H,1-27H3. The molecule has 0 saturated heterocycles. The third-order valence-corrected chi connectivity index (χ3v) is 24.0. The van der Waals surface area contributed by atoms with Crippen LogP contribution in [0.1, 0.15) is 237 Å². The smallest absolute Gasteiger partial charge is 0.252 e. The van der Waals surface area contributed by atoms with Gasteiger partial charge in [-0.15, -0.1) is 0 Å². The van der Waals surface area contributed by atoms with Crippen molar-refractivity contribution in [2.24, 2.45) is 0 Å². The highest BCUT2D eigenvalue weighted by Crippen LogP contribution is 2.57. The number of hydrogen-bond acceptors (Lipinski definition) is 3. The van der Waals surface area contributed by atoms with E-state index in [2.05, 4.69) is 432 Å². The minimum absolute atomic E-state index is 0.0680. The molecule has 0 atom stereocenters. The van der Waals surface area contributed by atoms with Crippen molar-refractivity contribution in [3.8, 4) is 61.3 Å². The first-order valence-electron chi connectivity index (χ1n) is 41.1. The number of rotatable bonds is 8. The lowest BCUT2D eigenvalue weighted by molar-refractivity contribution is 0.532. The van der Waals surface area contributed by atoms with Crippen molar-refractivity contribution in [1.82, 2.24) is 9.55 Å². The number of pyridine rings is 1. The normalized spacial score (nSPS) is 13.8. The summed E-state index contributed by atoms with van der Waals surface area (Å²) in [5.41, 5.74) is 35.3. The van der Waals surface area contributed by atoms with Gasteiger partial charge in [-0.05, 0) is 206 Å². The number of nitrogens with zero attached hydrogens (tertiary/aromatic N) is 4. The van der Waals surface area contributed by atoms with Crippen molar-refractivity contribution in [1.29, 1.82) is 0 Å². The molecule has 0 N–H and O–H groups in total. The molecule has 0 unspecified atom stereocenters. The second-order valence-electron chi connectivity index (χ2n) is 41.9. The number of fused-ring (bicyclic) bond motifs is 7. The lowest BCUT2D eigenvalue weighted by Gasteiger charge is -2.47. The Labute approximate surface area is 671 Å². The molecule has 0 radical (unpaired) electrons. The van der Waals surface area contributed by atoms with Gasteiger partial charge in [-0.2, -0.15) is 0 Å². The van der Waals surface area contributed by atoms with Crippen molar-refractivity contribution in [3.05, 3.63) is 281 Å². The van der Waals surface area contributed by atoms with E-state index in [4.69, 9.17) is 4.98 Å². The lowest BCUT2D eigenvalue weighted by atomic mass is 9.33.